The fourth-order valence-electron chi connectivity index (χ4n) is 6.57. The number of rotatable bonds is 4. The first-order valence-electron chi connectivity index (χ1n) is 15.2. The second-order valence-corrected chi connectivity index (χ2v) is 12.7. The summed E-state index contributed by atoms with van der Waals surface area (Å²) < 4.78 is 0. The minimum Gasteiger partial charge on any atom is -0.265 e. The maximum Gasteiger partial charge on any atom is 0.0701 e. The highest BCUT2D eigenvalue weighted by molar-refractivity contribution is 6.28. The molecule has 0 amide bonds. The minimum absolute atomic E-state index is 0.0761. The third-order valence-electron chi connectivity index (χ3n) is 8.95. The molecule has 0 aliphatic rings. The molecule has 0 aliphatic carbocycles. The molecular weight excluding hydrogens is 532 g/mol. The molecule has 44 heavy (non-hydrogen) atoms. The third kappa shape index (κ3) is 4.42. The Labute approximate surface area is 258 Å². The monoisotopic (exact) mass is 564 g/mol. The molecule has 0 aliphatic heterocycles. The first-order chi connectivity index (χ1) is 21.4. The van der Waals surface area contributed by atoms with Crippen LogP contribution in [0.1, 0.15) is 26.3 Å². The van der Waals surface area contributed by atoms with Gasteiger partial charge in [0, 0.05) is 24.2 Å². The number of benzene rings is 6. The lowest BCUT2D eigenvalue weighted by atomic mass is 9.81. The molecule has 0 bridgehead atoms. The summed E-state index contributed by atoms with van der Waals surface area (Å²) in [4.78, 5) is 8.75. The quantitative estimate of drug-likeness (QED) is 0.199. The van der Waals surface area contributed by atoms with Crippen LogP contribution in [0.15, 0.2) is 140 Å². The van der Waals surface area contributed by atoms with E-state index >= 15 is 0 Å². The van der Waals surface area contributed by atoms with E-state index in [2.05, 4.69) is 140 Å². The van der Waals surface area contributed by atoms with Gasteiger partial charge in [0.15, 0.2) is 0 Å². The predicted octanol–water partition coefficient (Wildman–Crippen LogP) is 11.3. The van der Waals surface area contributed by atoms with Crippen LogP contribution < -0.4 is 0 Å². The van der Waals surface area contributed by atoms with Crippen molar-refractivity contribution in [1.82, 2.24) is 9.97 Å². The van der Waals surface area contributed by atoms with Crippen LogP contribution >= 0.6 is 0 Å². The van der Waals surface area contributed by atoms with E-state index < -0.39 is 0 Å². The van der Waals surface area contributed by atoms with Crippen LogP contribution in [0.2, 0.25) is 0 Å². The number of hydrogen-bond donors (Lipinski definition) is 0. The van der Waals surface area contributed by atoms with E-state index in [0.29, 0.717) is 0 Å². The minimum atomic E-state index is 0.0761. The van der Waals surface area contributed by atoms with E-state index in [1.165, 1.54) is 71.3 Å². The molecule has 0 radical (unpaired) electrons. The molecule has 2 aromatic heterocycles. The van der Waals surface area contributed by atoms with Crippen molar-refractivity contribution < 1.29 is 0 Å². The highest BCUT2D eigenvalue weighted by Gasteiger charge is 2.20. The van der Waals surface area contributed by atoms with E-state index in [1.807, 2.05) is 30.7 Å². The van der Waals surface area contributed by atoms with Gasteiger partial charge in [-0.05, 0) is 107 Å². The summed E-state index contributed by atoms with van der Waals surface area (Å²) in [5.41, 5.74) is 10.8. The van der Waals surface area contributed by atoms with E-state index in [-0.39, 0.29) is 5.41 Å². The van der Waals surface area contributed by atoms with Crippen LogP contribution in [0.25, 0.3) is 77.0 Å². The first kappa shape index (κ1) is 26.3. The molecule has 0 saturated carbocycles. The molecule has 2 heterocycles. The Morgan fingerprint density at radius 1 is 0.455 bits per heavy atom. The fraction of sp³-hybridized carbons (Fsp3) is 0.0952. The van der Waals surface area contributed by atoms with Crippen LogP contribution in [0.4, 0.5) is 0 Å². The van der Waals surface area contributed by atoms with Gasteiger partial charge < -0.3 is 0 Å². The van der Waals surface area contributed by atoms with Gasteiger partial charge in [-0.25, -0.2) is 0 Å². The van der Waals surface area contributed by atoms with E-state index in [9.17, 15) is 0 Å². The van der Waals surface area contributed by atoms with Gasteiger partial charge in [-0.3, -0.25) is 9.97 Å². The molecule has 6 aromatic carbocycles. The Morgan fingerprint density at radius 2 is 1.00 bits per heavy atom. The average Bonchev–Trinajstić information content (AvgIpc) is 3.07. The Morgan fingerprint density at radius 3 is 1.55 bits per heavy atom. The summed E-state index contributed by atoms with van der Waals surface area (Å²) in [6, 6.07) is 44.4. The zero-order valence-electron chi connectivity index (χ0n) is 25.2. The van der Waals surface area contributed by atoms with Crippen LogP contribution in [0.3, 0.4) is 0 Å². The van der Waals surface area contributed by atoms with Crippen molar-refractivity contribution in [3.05, 3.63) is 145 Å². The van der Waals surface area contributed by atoms with Crippen molar-refractivity contribution >= 4 is 32.3 Å². The molecule has 8 aromatic rings. The van der Waals surface area contributed by atoms with Crippen molar-refractivity contribution in [2.24, 2.45) is 0 Å². The van der Waals surface area contributed by atoms with Gasteiger partial charge in [-0.15, -0.1) is 0 Å². The summed E-state index contributed by atoms with van der Waals surface area (Å²) in [7, 11) is 0. The highest BCUT2D eigenvalue weighted by atomic mass is 14.7. The molecule has 0 saturated heterocycles. The van der Waals surface area contributed by atoms with E-state index in [4.69, 9.17) is 0 Å². The van der Waals surface area contributed by atoms with Gasteiger partial charge in [0.05, 0.1) is 5.69 Å². The fourth-order valence-corrected chi connectivity index (χ4v) is 6.57. The molecule has 8 rings (SSSR count). The van der Waals surface area contributed by atoms with Crippen LogP contribution in [-0.2, 0) is 5.41 Å². The van der Waals surface area contributed by atoms with Gasteiger partial charge >= 0.3 is 0 Å². The molecule has 2 nitrogen and oxygen atoms in total. The van der Waals surface area contributed by atoms with Crippen molar-refractivity contribution in [1.29, 1.82) is 0 Å². The lowest BCUT2D eigenvalue weighted by Crippen LogP contribution is -2.10. The maximum absolute atomic E-state index is 4.56. The smallest absolute Gasteiger partial charge is 0.0701 e. The normalized spacial score (nSPS) is 12.0. The number of pyridine rings is 2. The van der Waals surface area contributed by atoms with Crippen molar-refractivity contribution in [3.63, 3.8) is 0 Å². The highest BCUT2D eigenvalue weighted by Crippen LogP contribution is 2.45. The van der Waals surface area contributed by atoms with Crippen LogP contribution in [0, 0.1) is 0 Å². The van der Waals surface area contributed by atoms with Crippen molar-refractivity contribution in [2.75, 3.05) is 0 Å². The summed E-state index contributed by atoms with van der Waals surface area (Å²) in [5, 5.41) is 7.84. The number of nitrogens with zero attached hydrogens (tertiary/aromatic N) is 2. The van der Waals surface area contributed by atoms with Gasteiger partial charge in [0.1, 0.15) is 0 Å². The van der Waals surface area contributed by atoms with Crippen molar-refractivity contribution in [3.8, 4) is 44.6 Å². The third-order valence-corrected chi connectivity index (χ3v) is 8.95. The summed E-state index contributed by atoms with van der Waals surface area (Å²) in [6.07, 6.45) is 5.54. The Kier molecular flexibility index (Phi) is 6.06. The van der Waals surface area contributed by atoms with Crippen LogP contribution in [-0.4, -0.2) is 9.97 Å². The average molecular weight is 565 g/mol. The molecule has 0 fully saturated rings. The van der Waals surface area contributed by atoms with E-state index in [1.54, 1.807) is 0 Å². The van der Waals surface area contributed by atoms with Crippen molar-refractivity contribution in [2.45, 2.75) is 26.2 Å². The molecule has 0 N–H and O–H groups in total. The zero-order valence-corrected chi connectivity index (χ0v) is 25.2. The molecule has 0 unspecified atom stereocenters. The summed E-state index contributed by atoms with van der Waals surface area (Å²) in [6.45, 7) is 6.88. The standard InChI is InChI=1S/C42H32N2/c1-42(2,3)34-24-32-15-17-35-37(29-9-7-27(8-10-29)28-19-22-43-23-20-28)26-38(36-18-16-33(25-34)40(32)41(35)36)30-11-13-31(14-12-30)39-6-4-5-21-44-39/h4-26H,1-3H3. The van der Waals surface area contributed by atoms with Crippen LogP contribution in [0.5, 0.6) is 0 Å². The predicted molar refractivity (Wildman–Crippen MR) is 186 cm³/mol. The lowest BCUT2D eigenvalue weighted by Gasteiger charge is -2.23. The van der Waals surface area contributed by atoms with Gasteiger partial charge in [0.25, 0.3) is 0 Å². The molecular formula is C42H32N2. The van der Waals surface area contributed by atoms with Gasteiger partial charge in [-0.1, -0.05) is 112 Å². The first-order valence-corrected chi connectivity index (χ1v) is 15.2. The Balaban J connectivity index is 1.37. The number of aromatic nitrogens is 2. The Bertz CT molecular complexity index is 2110. The number of hydrogen-bond acceptors (Lipinski definition) is 2. The maximum atomic E-state index is 4.56. The second kappa shape index (κ2) is 10.1. The van der Waals surface area contributed by atoms with E-state index in [0.717, 1.165) is 11.3 Å². The summed E-state index contributed by atoms with van der Waals surface area (Å²) >= 11 is 0. The largest absolute Gasteiger partial charge is 0.265 e. The molecule has 2 heteroatoms. The summed E-state index contributed by atoms with van der Waals surface area (Å²) in [5.74, 6) is 0. The second-order valence-electron chi connectivity index (χ2n) is 12.7. The Hall–Kier alpha value is -5.34. The zero-order chi connectivity index (χ0) is 29.8. The molecule has 0 spiro atoms. The molecule has 0 atom stereocenters. The van der Waals surface area contributed by atoms with Gasteiger partial charge in [0.2, 0.25) is 0 Å². The topological polar surface area (TPSA) is 25.8 Å². The lowest BCUT2D eigenvalue weighted by molar-refractivity contribution is 0.591. The molecule has 210 valence electrons. The SMILES string of the molecule is CC(C)(C)c1cc2ccc3c(-c4ccc(-c5ccncc5)cc4)cc(-c4ccc(-c5ccccn5)cc4)c4ccc(c1)c2c34. The van der Waals surface area contributed by atoms with Gasteiger partial charge in [-0.2, -0.15) is 0 Å².